The molecule has 0 aliphatic rings. The Morgan fingerprint density at radius 3 is 2.44 bits per heavy atom. The molecule has 0 amide bonds. The van der Waals surface area contributed by atoms with Crippen molar-refractivity contribution in [3.63, 3.8) is 0 Å². The van der Waals surface area contributed by atoms with Crippen LogP contribution in [0.1, 0.15) is 20.3 Å². The van der Waals surface area contributed by atoms with Crippen LogP contribution in [0, 0.1) is 6.61 Å². The summed E-state index contributed by atoms with van der Waals surface area (Å²) in [5, 5.41) is 0. The van der Waals surface area contributed by atoms with Crippen LogP contribution < -0.4 is 0 Å². The third kappa shape index (κ3) is 4.43. The van der Waals surface area contributed by atoms with Gasteiger partial charge in [-0.05, 0) is 27.4 Å². The Hall–Kier alpha value is -0.0800. The van der Waals surface area contributed by atoms with Gasteiger partial charge in [-0.3, -0.25) is 4.90 Å². The molecule has 0 spiro atoms. The Balaban J connectivity index is 3.16. The summed E-state index contributed by atoms with van der Waals surface area (Å²) in [6.45, 7) is 5.90. The molecule has 2 nitrogen and oxygen atoms in total. The van der Waals surface area contributed by atoms with Crippen molar-refractivity contribution >= 4 is 0 Å². The summed E-state index contributed by atoms with van der Waals surface area (Å²) in [6, 6.07) is 0. The molecule has 2 heteroatoms. The number of ether oxygens (including phenoxy) is 1. The zero-order valence-corrected chi connectivity index (χ0v) is 6.72. The second-order valence-corrected chi connectivity index (χ2v) is 2.27. The summed E-state index contributed by atoms with van der Waals surface area (Å²) in [6.07, 6.45) is 1.17. The minimum absolute atomic E-state index is 0.199. The van der Waals surface area contributed by atoms with E-state index in [-0.39, 0.29) is 6.23 Å². The topological polar surface area (TPSA) is 12.5 Å². The van der Waals surface area contributed by atoms with Gasteiger partial charge in [0.25, 0.3) is 0 Å². The van der Waals surface area contributed by atoms with E-state index in [2.05, 4.69) is 6.92 Å². The molecule has 0 N–H and O–H groups in total. The normalized spacial score (nSPS) is 14.3. The predicted molar refractivity (Wildman–Crippen MR) is 38.8 cm³/mol. The van der Waals surface area contributed by atoms with Crippen molar-refractivity contribution < 1.29 is 4.74 Å². The summed E-state index contributed by atoms with van der Waals surface area (Å²) in [7, 11) is 3.99. The molecule has 0 aliphatic heterocycles. The first-order valence-electron chi connectivity index (χ1n) is 3.32. The van der Waals surface area contributed by atoms with Gasteiger partial charge in [-0.25, -0.2) is 0 Å². The van der Waals surface area contributed by atoms with E-state index in [1.54, 1.807) is 0 Å². The summed E-state index contributed by atoms with van der Waals surface area (Å²) < 4.78 is 5.25. The van der Waals surface area contributed by atoms with Gasteiger partial charge in [0.2, 0.25) is 0 Å². The number of hydrogen-bond donors (Lipinski definition) is 0. The maximum atomic E-state index is 5.25. The van der Waals surface area contributed by atoms with Crippen LogP contribution in [0.4, 0.5) is 0 Å². The lowest BCUT2D eigenvalue weighted by Gasteiger charge is -2.18. The smallest absolute Gasteiger partial charge is 0.107 e. The van der Waals surface area contributed by atoms with Gasteiger partial charge < -0.3 is 4.74 Å². The average molecular weight is 130 g/mol. The second-order valence-electron chi connectivity index (χ2n) is 2.27. The van der Waals surface area contributed by atoms with Crippen molar-refractivity contribution in [2.24, 2.45) is 0 Å². The lowest BCUT2D eigenvalue weighted by molar-refractivity contribution is 0.0123. The first-order chi connectivity index (χ1) is 4.18. The monoisotopic (exact) mass is 130 g/mol. The highest BCUT2D eigenvalue weighted by Gasteiger charge is 2.01. The maximum absolute atomic E-state index is 5.25. The molecular formula is C7H16NO. The Kier molecular flexibility index (Phi) is 4.72. The Morgan fingerprint density at radius 2 is 2.11 bits per heavy atom. The van der Waals surface area contributed by atoms with Gasteiger partial charge in [-0.1, -0.05) is 6.92 Å². The van der Waals surface area contributed by atoms with E-state index >= 15 is 0 Å². The van der Waals surface area contributed by atoms with Crippen LogP contribution in [-0.2, 0) is 4.74 Å². The van der Waals surface area contributed by atoms with Crippen LogP contribution in [0.25, 0.3) is 0 Å². The maximum Gasteiger partial charge on any atom is 0.107 e. The molecule has 0 heterocycles. The van der Waals surface area contributed by atoms with Gasteiger partial charge in [0.05, 0.1) is 6.61 Å². The van der Waals surface area contributed by atoms with Gasteiger partial charge in [-0.15, -0.1) is 0 Å². The van der Waals surface area contributed by atoms with Crippen molar-refractivity contribution in [1.29, 1.82) is 0 Å². The Labute approximate surface area is 57.8 Å². The molecule has 0 saturated carbocycles. The standard InChI is InChI=1S/C7H16NO/c1-5-6-9-7(2)8(3)4/h6-7H,5H2,1-4H3. The summed E-state index contributed by atoms with van der Waals surface area (Å²) in [5.41, 5.74) is 0. The van der Waals surface area contributed by atoms with Crippen molar-refractivity contribution in [2.45, 2.75) is 26.5 Å². The molecule has 0 bridgehead atoms. The molecule has 0 saturated heterocycles. The predicted octanol–water partition coefficient (Wildman–Crippen LogP) is 1.48. The second kappa shape index (κ2) is 4.77. The molecule has 0 aromatic carbocycles. The summed E-state index contributed by atoms with van der Waals surface area (Å²) in [5.74, 6) is 0. The van der Waals surface area contributed by atoms with E-state index in [0.717, 1.165) is 6.42 Å². The van der Waals surface area contributed by atoms with E-state index in [1.165, 1.54) is 0 Å². The SMILES string of the molecule is CC[CH]OC(C)N(C)C. The average Bonchev–Trinajstić information content (AvgIpc) is 1.82. The zero-order chi connectivity index (χ0) is 7.28. The van der Waals surface area contributed by atoms with E-state index < -0.39 is 0 Å². The van der Waals surface area contributed by atoms with Crippen molar-refractivity contribution in [1.82, 2.24) is 4.90 Å². The summed E-state index contributed by atoms with van der Waals surface area (Å²) in [4.78, 5) is 2.02. The van der Waals surface area contributed by atoms with Gasteiger partial charge in [0.1, 0.15) is 6.23 Å². The minimum Gasteiger partial charge on any atom is -0.358 e. The number of hydrogen-bond acceptors (Lipinski definition) is 2. The van der Waals surface area contributed by atoms with Gasteiger partial charge in [0.15, 0.2) is 0 Å². The number of nitrogens with zero attached hydrogens (tertiary/aromatic N) is 1. The molecule has 0 rings (SSSR count). The van der Waals surface area contributed by atoms with E-state index in [9.17, 15) is 0 Å². The van der Waals surface area contributed by atoms with Crippen LogP contribution >= 0.6 is 0 Å². The molecule has 1 unspecified atom stereocenters. The highest BCUT2D eigenvalue weighted by atomic mass is 16.5. The van der Waals surface area contributed by atoms with Gasteiger partial charge >= 0.3 is 0 Å². The fourth-order valence-electron chi connectivity index (χ4n) is 0.357. The van der Waals surface area contributed by atoms with Crippen molar-refractivity contribution in [2.75, 3.05) is 14.1 Å². The molecule has 1 atom stereocenters. The first-order valence-corrected chi connectivity index (χ1v) is 3.32. The van der Waals surface area contributed by atoms with Gasteiger partial charge in [0, 0.05) is 0 Å². The first kappa shape index (κ1) is 8.92. The van der Waals surface area contributed by atoms with E-state index in [4.69, 9.17) is 4.74 Å². The molecule has 9 heavy (non-hydrogen) atoms. The van der Waals surface area contributed by atoms with Gasteiger partial charge in [-0.2, -0.15) is 0 Å². The van der Waals surface area contributed by atoms with Crippen LogP contribution in [0.15, 0.2) is 0 Å². The van der Waals surface area contributed by atoms with Crippen LogP contribution in [0.3, 0.4) is 0 Å². The molecular weight excluding hydrogens is 114 g/mol. The lowest BCUT2D eigenvalue weighted by Crippen LogP contribution is -2.26. The molecule has 0 aliphatic carbocycles. The van der Waals surface area contributed by atoms with Crippen LogP contribution in [-0.4, -0.2) is 25.2 Å². The van der Waals surface area contributed by atoms with E-state index in [1.807, 2.05) is 32.5 Å². The van der Waals surface area contributed by atoms with E-state index in [0.29, 0.717) is 0 Å². The fraction of sp³-hybridized carbons (Fsp3) is 0.857. The molecule has 1 radical (unpaired) electrons. The largest absolute Gasteiger partial charge is 0.358 e. The van der Waals surface area contributed by atoms with Crippen LogP contribution in [0.2, 0.25) is 0 Å². The third-order valence-corrected chi connectivity index (χ3v) is 1.19. The molecule has 0 aromatic heterocycles. The van der Waals surface area contributed by atoms with Crippen molar-refractivity contribution in [3.05, 3.63) is 6.61 Å². The zero-order valence-electron chi connectivity index (χ0n) is 6.72. The third-order valence-electron chi connectivity index (χ3n) is 1.19. The molecule has 0 aromatic rings. The van der Waals surface area contributed by atoms with Crippen LogP contribution in [0.5, 0.6) is 0 Å². The minimum atomic E-state index is 0.199. The molecule has 55 valence electrons. The lowest BCUT2D eigenvalue weighted by atomic mass is 10.5. The Morgan fingerprint density at radius 1 is 1.56 bits per heavy atom. The number of rotatable bonds is 4. The fourth-order valence-corrected chi connectivity index (χ4v) is 0.357. The molecule has 0 fully saturated rings. The highest BCUT2D eigenvalue weighted by Crippen LogP contribution is 1.97. The van der Waals surface area contributed by atoms with Crippen molar-refractivity contribution in [3.8, 4) is 0 Å². The quantitative estimate of drug-likeness (QED) is 0.534. The Bertz CT molecular complexity index is 63.9. The highest BCUT2D eigenvalue weighted by molar-refractivity contribution is 4.50. The summed E-state index contributed by atoms with van der Waals surface area (Å²) >= 11 is 0.